The Morgan fingerprint density at radius 1 is 1.73 bits per heavy atom. The van der Waals surface area contributed by atoms with Gasteiger partial charge in [0.05, 0.1) is 4.88 Å². The van der Waals surface area contributed by atoms with E-state index in [0.717, 1.165) is 29.0 Å². The van der Waals surface area contributed by atoms with Crippen LogP contribution in [0.1, 0.15) is 16.6 Å². The third kappa shape index (κ3) is 2.59. The predicted molar refractivity (Wildman–Crippen MR) is 65.4 cm³/mol. The predicted octanol–water partition coefficient (Wildman–Crippen LogP) is 1.94. The maximum absolute atomic E-state index is 12.0. The standard InChI is InChI=1S/C10H13BrN2OS/c1-7-5-13(3-2-12-7)10(14)9-4-8(11)6-15-9/h4,6-7,12H,2-3,5H2,1H3. The highest BCUT2D eigenvalue weighted by Crippen LogP contribution is 2.21. The van der Waals surface area contributed by atoms with E-state index < -0.39 is 0 Å². The summed E-state index contributed by atoms with van der Waals surface area (Å²) in [5.41, 5.74) is 0. The van der Waals surface area contributed by atoms with E-state index >= 15 is 0 Å². The first-order chi connectivity index (χ1) is 7.16. The molecule has 1 aliphatic rings. The van der Waals surface area contributed by atoms with Gasteiger partial charge in [-0.15, -0.1) is 11.3 Å². The SMILES string of the molecule is CC1CN(C(=O)c2cc(Br)cs2)CCN1. The normalized spacial score (nSPS) is 21.7. The minimum atomic E-state index is 0.152. The van der Waals surface area contributed by atoms with Gasteiger partial charge in [0, 0.05) is 35.5 Å². The van der Waals surface area contributed by atoms with Crippen molar-refractivity contribution in [2.75, 3.05) is 19.6 Å². The Bertz CT molecular complexity index is 366. The third-order valence-electron chi connectivity index (χ3n) is 2.43. The lowest BCUT2D eigenvalue weighted by atomic mass is 10.2. The molecule has 1 fully saturated rings. The van der Waals surface area contributed by atoms with E-state index in [4.69, 9.17) is 0 Å². The van der Waals surface area contributed by atoms with Gasteiger partial charge in [0.15, 0.2) is 0 Å². The summed E-state index contributed by atoms with van der Waals surface area (Å²) in [4.78, 5) is 14.8. The molecule has 1 saturated heterocycles. The molecule has 1 unspecified atom stereocenters. The number of amides is 1. The molecule has 0 saturated carbocycles. The molecule has 82 valence electrons. The highest BCUT2D eigenvalue weighted by Gasteiger charge is 2.22. The summed E-state index contributed by atoms with van der Waals surface area (Å²) in [6.45, 7) is 4.59. The summed E-state index contributed by atoms with van der Waals surface area (Å²) in [7, 11) is 0. The van der Waals surface area contributed by atoms with Crippen LogP contribution in [0.25, 0.3) is 0 Å². The molecule has 0 radical (unpaired) electrons. The lowest BCUT2D eigenvalue weighted by Crippen LogP contribution is -2.51. The zero-order chi connectivity index (χ0) is 10.8. The van der Waals surface area contributed by atoms with Gasteiger partial charge < -0.3 is 10.2 Å². The number of hydrogen-bond donors (Lipinski definition) is 1. The second-order valence-corrected chi connectivity index (χ2v) is 5.56. The fourth-order valence-corrected chi connectivity index (χ4v) is 3.09. The van der Waals surface area contributed by atoms with E-state index in [-0.39, 0.29) is 5.91 Å². The van der Waals surface area contributed by atoms with Gasteiger partial charge in [-0.25, -0.2) is 0 Å². The summed E-state index contributed by atoms with van der Waals surface area (Å²) in [6.07, 6.45) is 0. The van der Waals surface area contributed by atoms with Crippen molar-refractivity contribution in [3.63, 3.8) is 0 Å². The topological polar surface area (TPSA) is 32.3 Å². The fourth-order valence-electron chi connectivity index (χ4n) is 1.70. The molecule has 0 spiro atoms. The van der Waals surface area contributed by atoms with Gasteiger partial charge in [0.1, 0.15) is 0 Å². The molecule has 0 aromatic carbocycles. The Labute approximate surface area is 102 Å². The van der Waals surface area contributed by atoms with Crippen molar-refractivity contribution < 1.29 is 4.79 Å². The summed E-state index contributed by atoms with van der Waals surface area (Å²) in [5, 5.41) is 5.27. The van der Waals surface area contributed by atoms with Gasteiger partial charge in [-0.05, 0) is 28.9 Å². The first kappa shape index (κ1) is 11.1. The van der Waals surface area contributed by atoms with Crippen molar-refractivity contribution in [1.29, 1.82) is 0 Å². The molecular formula is C10H13BrN2OS. The van der Waals surface area contributed by atoms with Crippen LogP contribution in [0.4, 0.5) is 0 Å². The zero-order valence-electron chi connectivity index (χ0n) is 8.50. The molecule has 1 aromatic heterocycles. The fraction of sp³-hybridized carbons (Fsp3) is 0.500. The number of rotatable bonds is 1. The maximum atomic E-state index is 12.0. The summed E-state index contributed by atoms with van der Waals surface area (Å²) >= 11 is 4.86. The Balaban J connectivity index is 2.07. The minimum absolute atomic E-state index is 0.152. The molecule has 1 aromatic rings. The largest absolute Gasteiger partial charge is 0.335 e. The molecule has 1 N–H and O–H groups in total. The Morgan fingerprint density at radius 2 is 2.53 bits per heavy atom. The maximum Gasteiger partial charge on any atom is 0.264 e. The zero-order valence-corrected chi connectivity index (χ0v) is 10.9. The second kappa shape index (κ2) is 4.63. The molecular weight excluding hydrogens is 276 g/mol. The van der Waals surface area contributed by atoms with Gasteiger partial charge >= 0.3 is 0 Å². The summed E-state index contributed by atoms with van der Waals surface area (Å²) in [5.74, 6) is 0.152. The van der Waals surface area contributed by atoms with Gasteiger partial charge in [-0.3, -0.25) is 4.79 Å². The number of halogens is 1. The number of nitrogens with one attached hydrogen (secondary N) is 1. The van der Waals surface area contributed by atoms with E-state index in [2.05, 4.69) is 28.2 Å². The molecule has 1 aliphatic heterocycles. The monoisotopic (exact) mass is 288 g/mol. The Morgan fingerprint density at radius 3 is 3.13 bits per heavy atom. The van der Waals surface area contributed by atoms with Crippen LogP contribution in [0.3, 0.4) is 0 Å². The van der Waals surface area contributed by atoms with Crippen molar-refractivity contribution >= 4 is 33.2 Å². The van der Waals surface area contributed by atoms with E-state index in [0.29, 0.717) is 6.04 Å². The van der Waals surface area contributed by atoms with Crippen LogP contribution in [0.2, 0.25) is 0 Å². The number of nitrogens with zero attached hydrogens (tertiary/aromatic N) is 1. The summed E-state index contributed by atoms with van der Waals surface area (Å²) in [6, 6.07) is 2.28. The highest BCUT2D eigenvalue weighted by atomic mass is 79.9. The van der Waals surface area contributed by atoms with Crippen LogP contribution >= 0.6 is 27.3 Å². The highest BCUT2D eigenvalue weighted by molar-refractivity contribution is 9.10. The van der Waals surface area contributed by atoms with Crippen LogP contribution in [0, 0.1) is 0 Å². The van der Waals surface area contributed by atoms with E-state index in [1.807, 2.05) is 16.3 Å². The number of thiophene rings is 1. The van der Waals surface area contributed by atoms with Crippen molar-refractivity contribution in [3.05, 3.63) is 20.8 Å². The number of piperazine rings is 1. The van der Waals surface area contributed by atoms with E-state index in [1.165, 1.54) is 11.3 Å². The first-order valence-corrected chi connectivity index (χ1v) is 6.61. The van der Waals surface area contributed by atoms with Crippen LogP contribution in [-0.2, 0) is 0 Å². The quantitative estimate of drug-likeness (QED) is 0.857. The lowest BCUT2D eigenvalue weighted by Gasteiger charge is -2.31. The average Bonchev–Trinajstić information content (AvgIpc) is 2.64. The first-order valence-electron chi connectivity index (χ1n) is 4.93. The molecule has 0 aliphatic carbocycles. The minimum Gasteiger partial charge on any atom is -0.335 e. The molecule has 2 heterocycles. The van der Waals surface area contributed by atoms with Crippen LogP contribution in [-0.4, -0.2) is 36.5 Å². The smallest absolute Gasteiger partial charge is 0.264 e. The molecule has 1 amide bonds. The Hall–Kier alpha value is -0.390. The molecule has 3 nitrogen and oxygen atoms in total. The van der Waals surface area contributed by atoms with Gasteiger partial charge in [0.25, 0.3) is 5.91 Å². The van der Waals surface area contributed by atoms with E-state index in [1.54, 1.807) is 0 Å². The lowest BCUT2D eigenvalue weighted by molar-refractivity contribution is 0.0714. The number of carbonyl (C=O) groups is 1. The molecule has 2 rings (SSSR count). The molecule has 5 heteroatoms. The van der Waals surface area contributed by atoms with E-state index in [9.17, 15) is 4.79 Å². The number of hydrogen-bond acceptors (Lipinski definition) is 3. The van der Waals surface area contributed by atoms with Crippen LogP contribution in [0.5, 0.6) is 0 Å². The van der Waals surface area contributed by atoms with Crippen molar-refractivity contribution in [3.8, 4) is 0 Å². The molecule has 15 heavy (non-hydrogen) atoms. The van der Waals surface area contributed by atoms with Crippen LogP contribution in [0.15, 0.2) is 15.9 Å². The summed E-state index contributed by atoms with van der Waals surface area (Å²) < 4.78 is 0.985. The van der Waals surface area contributed by atoms with Gasteiger partial charge in [-0.1, -0.05) is 0 Å². The average molecular weight is 289 g/mol. The van der Waals surface area contributed by atoms with Gasteiger partial charge in [-0.2, -0.15) is 0 Å². The Kier molecular flexibility index (Phi) is 3.43. The van der Waals surface area contributed by atoms with Crippen molar-refractivity contribution in [2.24, 2.45) is 0 Å². The van der Waals surface area contributed by atoms with Crippen molar-refractivity contribution in [1.82, 2.24) is 10.2 Å². The molecule has 1 atom stereocenters. The second-order valence-electron chi connectivity index (χ2n) is 3.74. The third-order valence-corrected chi connectivity index (χ3v) is 4.11. The molecule has 0 bridgehead atoms. The van der Waals surface area contributed by atoms with Crippen molar-refractivity contribution in [2.45, 2.75) is 13.0 Å². The number of carbonyl (C=O) groups excluding carboxylic acids is 1. The van der Waals surface area contributed by atoms with Gasteiger partial charge in [0.2, 0.25) is 0 Å². The van der Waals surface area contributed by atoms with Crippen LogP contribution < -0.4 is 5.32 Å².